The second-order valence-electron chi connectivity index (χ2n) is 5.70. The SMILES string of the molecule is CCOc1cccnc1N1CCN(c2nc3ccccc3o2)CC1. The van der Waals surface area contributed by atoms with Gasteiger partial charge in [-0.05, 0) is 31.2 Å². The normalized spacial score (nSPS) is 15.0. The van der Waals surface area contributed by atoms with Crippen molar-refractivity contribution < 1.29 is 9.15 Å². The summed E-state index contributed by atoms with van der Waals surface area (Å²) in [5, 5.41) is 0. The molecule has 6 heteroatoms. The molecule has 1 aliphatic heterocycles. The summed E-state index contributed by atoms with van der Waals surface area (Å²) in [6.07, 6.45) is 1.81. The maximum Gasteiger partial charge on any atom is 0.298 e. The van der Waals surface area contributed by atoms with Gasteiger partial charge in [0.15, 0.2) is 17.2 Å². The summed E-state index contributed by atoms with van der Waals surface area (Å²) in [6.45, 7) is 6.03. The van der Waals surface area contributed by atoms with Gasteiger partial charge in [0.2, 0.25) is 0 Å². The standard InChI is InChI=1S/C18H20N4O2/c1-2-23-16-8-5-9-19-17(16)21-10-12-22(13-11-21)18-20-14-6-3-4-7-15(14)24-18/h3-9H,2,10-13H2,1H3. The highest BCUT2D eigenvalue weighted by Gasteiger charge is 2.23. The van der Waals surface area contributed by atoms with Gasteiger partial charge < -0.3 is 19.0 Å². The number of aromatic nitrogens is 2. The second kappa shape index (κ2) is 6.39. The number of ether oxygens (including phenoxy) is 1. The first-order chi connectivity index (χ1) is 11.8. The summed E-state index contributed by atoms with van der Waals surface area (Å²) in [6, 6.07) is 12.4. The molecule has 0 atom stereocenters. The van der Waals surface area contributed by atoms with Crippen molar-refractivity contribution in [3.05, 3.63) is 42.6 Å². The van der Waals surface area contributed by atoms with E-state index in [1.54, 1.807) is 0 Å². The molecule has 0 spiro atoms. The lowest BCUT2D eigenvalue weighted by molar-refractivity contribution is 0.338. The van der Waals surface area contributed by atoms with Crippen LogP contribution in [0.3, 0.4) is 0 Å². The van der Waals surface area contributed by atoms with Gasteiger partial charge in [-0.3, -0.25) is 0 Å². The Kier molecular flexibility index (Phi) is 3.94. The Bertz CT molecular complexity index is 792. The van der Waals surface area contributed by atoms with E-state index in [0.717, 1.165) is 48.8 Å². The number of benzene rings is 1. The third-order valence-corrected chi connectivity index (χ3v) is 4.18. The summed E-state index contributed by atoms with van der Waals surface area (Å²) in [5.41, 5.74) is 1.73. The van der Waals surface area contributed by atoms with Gasteiger partial charge in [-0.2, -0.15) is 4.98 Å². The molecule has 0 unspecified atom stereocenters. The van der Waals surface area contributed by atoms with Crippen LogP contribution in [0, 0.1) is 0 Å². The molecule has 124 valence electrons. The fourth-order valence-electron chi connectivity index (χ4n) is 2.99. The van der Waals surface area contributed by atoms with Crippen molar-refractivity contribution >= 4 is 22.9 Å². The summed E-state index contributed by atoms with van der Waals surface area (Å²) in [4.78, 5) is 13.5. The Labute approximate surface area is 140 Å². The number of anilines is 2. The third kappa shape index (κ3) is 2.75. The predicted octanol–water partition coefficient (Wildman–Crippen LogP) is 2.95. The Morgan fingerprint density at radius 3 is 2.62 bits per heavy atom. The minimum atomic E-state index is 0.640. The Balaban J connectivity index is 1.49. The molecule has 0 aliphatic carbocycles. The molecule has 3 heterocycles. The molecule has 24 heavy (non-hydrogen) atoms. The van der Waals surface area contributed by atoms with Crippen LogP contribution in [-0.2, 0) is 0 Å². The molecule has 0 radical (unpaired) electrons. The third-order valence-electron chi connectivity index (χ3n) is 4.18. The average Bonchev–Trinajstić information content (AvgIpc) is 3.07. The van der Waals surface area contributed by atoms with E-state index >= 15 is 0 Å². The lowest BCUT2D eigenvalue weighted by atomic mass is 10.3. The van der Waals surface area contributed by atoms with Gasteiger partial charge in [-0.15, -0.1) is 0 Å². The molecule has 3 aromatic rings. The van der Waals surface area contributed by atoms with Crippen LogP contribution in [0.1, 0.15) is 6.92 Å². The summed E-state index contributed by atoms with van der Waals surface area (Å²) in [7, 11) is 0. The van der Waals surface area contributed by atoms with Crippen LogP contribution in [0.4, 0.5) is 11.8 Å². The van der Waals surface area contributed by atoms with E-state index in [0.29, 0.717) is 12.6 Å². The largest absolute Gasteiger partial charge is 0.490 e. The van der Waals surface area contributed by atoms with Gasteiger partial charge in [-0.25, -0.2) is 4.98 Å². The van der Waals surface area contributed by atoms with E-state index in [-0.39, 0.29) is 0 Å². The van der Waals surface area contributed by atoms with Crippen molar-refractivity contribution in [3.8, 4) is 5.75 Å². The number of fused-ring (bicyclic) bond motifs is 1. The number of rotatable bonds is 4. The first-order valence-corrected chi connectivity index (χ1v) is 8.28. The molecule has 6 nitrogen and oxygen atoms in total. The van der Waals surface area contributed by atoms with Crippen LogP contribution < -0.4 is 14.5 Å². The number of oxazole rings is 1. The van der Waals surface area contributed by atoms with E-state index < -0.39 is 0 Å². The van der Waals surface area contributed by atoms with E-state index in [1.807, 2.05) is 49.5 Å². The molecule has 0 amide bonds. The van der Waals surface area contributed by atoms with Crippen LogP contribution in [-0.4, -0.2) is 42.8 Å². The zero-order valence-electron chi connectivity index (χ0n) is 13.7. The molecular weight excluding hydrogens is 304 g/mol. The number of hydrogen-bond acceptors (Lipinski definition) is 6. The van der Waals surface area contributed by atoms with Crippen molar-refractivity contribution in [1.29, 1.82) is 0 Å². The highest BCUT2D eigenvalue weighted by molar-refractivity contribution is 5.74. The van der Waals surface area contributed by atoms with E-state index in [4.69, 9.17) is 9.15 Å². The van der Waals surface area contributed by atoms with Crippen LogP contribution in [0.2, 0.25) is 0 Å². The van der Waals surface area contributed by atoms with Crippen LogP contribution >= 0.6 is 0 Å². The first-order valence-electron chi connectivity index (χ1n) is 8.28. The molecule has 1 fully saturated rings. The van der Waals surface area contributed by atoms with Crippen LogP contribution in [0.25, 0.3) is 11.1 Å². The molecule has 2 aromatic heterocycles. The molecular formula is C18H20N4O2. The monoisotopic (exact) mass is 324 g/mol. The number of para-hydroxylation sites is 2. The molecule has 0 bridgehead atoms. The number of piperazine rings is 1. The van der Waals surface area contributed by atoms with Gasteiger partial charge in [0.25, 0.3) is 6.01 Å². The molecule has 4 rings (SSSR count). The van der Waals surface area contributed by atoms with E-state index in [1.165, 1.54) is 0 Å². The molecule has 1 aromatic carbocycles. The van der Waals surface area contributed by atoms with Gasteiger partial charge >= 0.3 is 0 Å². The number of pyridine rings is 1. The smallest absolute Gasteiger partial charge is 0.298 e. The maximum absolute atomic E-state index is 5.87. The van der Waals surface area contributed by atoms with E-state index in [2.05, 4.69) is 19.8 Å². The minimum Gasteiger partial charge on any atom is -0.490 e. The van der Waals surface area contributed by atoms with Gasteiger partial charge in [0.1, 0.15) is 5.52 Å². The molecule has 0 N–H and O–H groups in total. The van der Waals surface area contributed by atoms with Gasteiger partial charge in [0, 0.05) is 32.4 Å². The average molecular weight is 324 g/mol. The van der Waals surface area contributed by atoms with Crippen LogP contribution in [0.15, 0.2) is 47.0 Å². The Morgan fingerprint density at radius 1 is 1.04 bits per heavy atom. The van der Waals surface area contributed by atoms with Crippen molar-refractivity contribution in [2.45, 2.75) is 6.92 Å². The molecule has 0 saturated carbocycles. The molecule has 1 aliphatic rings. The quantitative estimate of drug-likeness (QED) is 0.735. The summed E-state index contributed by atoms with van der Waals surface area (Å²) >= 11 is 0. The zero-order chi connectivity index (χ0) is 16.4. The number of nitrogens with zero attached hydrogens (tertiary/aromatic N) is 4. The fraction of sp³-hybridized carbons (Fsp3) is 0.333. The predicted molar refractivity (Wildman–Crippen MR) is 93.8 cm³/mol. The van der Waals surface area contributed by atoms with Crippen molar-refractivity contribution in [2.24, 2.45) is 0 Å². The van der Waals surface area contributed by atoms with Crippen molar-refractivity contribution in [3.63, 3.8) is 0 Å². The highest BCUT2D eigenvalue weighted by atomic mass is 16.5. The second-order valence-corrected chi connectivity index (χ2v) is 5.70. The lowest BCUT2D eigenvalue weighted by Gasteiger charge is -2.35. The fourth-order valence-corrected chi connectivity index (χ4v) is 2.99. The molecule has 1 saturated heterocycles. The summed E-state index contributed by atoms with van der Waals surface area (Å²) in [5.74, 6) is 1.76. The lowest BCUT2D eigenvalue weighted by Crippen LogP contribution is -2.47. The van der Waals surface area contributed by atoms with Crippen molar-refractivity contribution in [2.75, 3.05) is 42.6 Å². The maximum atomic E-state index is 5.87. The summed E-state index contributed by atoms with van der Waals surface area (Å²) < 4.78 is 11.6. The Morgan fingerprint density at radius 2 is 1.83 bits per heavy atom. The topological polar surface area (TPSA) is 54.6 Å². The highest BCUT2D eigenvalue weighted by Crippen LogP contribution is 2.28. The van der Waals surface area contributed by atoms with Gasteiger partial charge in [0.05, 0.1) is 6.61 Å². The minimum absolute atomic E-state index is 0.640. The van der Waals surface area contributed by atoms with Gasteiger partial charge in [-0.1, -0.05) is 12.1 Å². The van der Waals surface area contributed by atoms with E-state index in [9.17, 15) is 0 Å². The Hall–Kier alpha value is -2.76. The zero-order valence-corrected chi connectivity index (χ0v) is 13.7. The van der Waals surface area contributed by atoms with Crippen LogP contribution in [0.5, 0.6) is 5.75 Å². The first kappa shape index (κ1) is 14.8. The van der Waals surface area contributed by atoms with Crippen molar-refractivity contribution in [1.82, 2.24) is 9.97 Å². The number of hydrogen-bond donors (Lipinski definition) is 0.